The summed E-state index contributed by atoms with van der Waals surface area (Å²) in [5.74, 6) is 0.270. The van der Waals surface area contributed by atoms with Crippen molar-refractivity contribution in [2.75, 3.05) is 12.3 Å². The van der Waals surface area contributed by atoms with Crippen molar-refractivity contribution in [1.82, 2.24) is 14.9 Å². The number of halogens is 1. The van der Waals surface area contributed by atoms with E-state index in [0.29, 0.717) is 17.6 Å². The van der Waals surface area contributed by atoms with Gasteiger partial charge in [0.25, 0.3) is 0 Å². The van der Waals surface area contributed by atoms with Crippen molar-refractivity contribution >= 4 is 39.5 Å². The van der Waals surface area contributed by atoms with Crippen LogP contribution in [-0.2, 0) is 15.5 Å². The molecule has 1 amide bonds. The van der Waals surface area contributed by atoms with Crippen LogP contribution < -0.4 is 0 Å². The molecule has 6 nitrogen and oxygen atoms in total. The van der Waals surface area contributed by atoms with Gasteiger partial charge in [-0.25, -0.2) is 14.8 Å². The molecule has 2 aromatic rings. The van der Waals surface area contributed by atoms with Gasteiger partial charge in [0.15, 0.2) is 10.2 Å². The maximum absolute atomic E-state index is 13.0. The van der Waals surface area contributed by atoms with Crippen LogP contribution in [0, 0.1) is 0 Å². The highest BCUT2D eigenvalue weighted by atomic mass is 35.5. The molecule has 1 aliphatic heterocycles. The Morgan fingerprint density at radius 2 is 1.93 bits per heavy atom. The van der Waals surface area contributed by atoms with Crippen LogP contribution in [0.5, 0.6) is 0 Å². The lowest BCUT2D eigenvalue weighted by atomic mass is 10.0. The smallest absolute Gasteiger partial charge is 0.410 e. The highest BCUT2D eigenvalue weighted by Crippen LogP contribution is 2.25. The van der Waals surface area contributed by atoms with Gasteiger partial charge < -0.3 is 9.64 Å². The number of carbonyl (C=O) groups is 1. The Labute approximate surface area is 166 Å². The molecule has 27 heavy (non-hydrogen) atoms. The van der Waals surface area contributed by atoms with E-state index in [1.165, 1.54) is 0 Å². The predicted molar refractivity (Wildman–Crippen MR) is 106 cm³/mol. The van der Waals surface area contributed by atoms with Crippen molar-refractivity contribution < 1.29 is 13.7 Å². The van der Waals surface area contributed by atoms with E-state index in [1.54, 1.807) is 4.90 Å². The first kappa shape index (κ1) is 20.0. The maximum atomic E-state index is 13.0. The first-order valence-corrected chi connectivity index (χ1v) is 10.7. The Bertz CT molecular complexity index is 869. The molecule has 0 spiro atoms. The summed E-state index contributed by atoms with van der Waals surface area (Å²) in [5, 5.41) is 0.414. The van der Waals surface area contributed by atoms with Crippen LogP contribution in [0.2, 0.25) is 5.15 Å². The van der Waals surface area contributed by atoms with Gasteiger partial charge in [0.05, 0.1) is 27.6 Å². The molecule has 0 saturated carbocycles. The van der Waals surface area contributed by atoms with E-state index in [1.807, 2.05) is 45.0 Å². The molecule has 1 aromatic heterocycles. The molecular weight excluding hydrogens is 386 g/mol. The fraction of sp³-hybridized carbons (Fsp3) is 0.526. The molecule has 0 radical (unpaired) electrons. The fourth-order valence-corrected chi connectivity index (χ4v) is 4.77. The molecule has 8 heteroatoms. The second-order valence-electron chi connectivity index (χ2n) is 7.64. The third-order valence-corrected chi connectivity index (χ3v) is 6.09. The first-order valence-electron chi connectivity index (χ1n) is 9.05. The van der Waals surface area contributed by atoms with Crippen molar-refractivity contribution in [2.45, 2.75) is 56.7 Å². The summed E-state index contributed by atoms with van der Waals surface area (Å²) in [6, 6.07) is 7.16. The van der Waals surface area contributed by atoms with Crippen LogP contribution in [0.15, 0.2) is 29.3 Å². The highest BCUT2D eigenvalue weighted by Gasteiger charge is 2.32. The number of ether oxygens (including phenoxy) is 1. The average molecular weight is 410 g/mol. The average Bonchev–Trinajstić information content (AvgIpc) is 2.60. The molecule has 2 heterocycles. The van der Waals surface area contributed by atoms with E-state index >= 15 is 0 Å². The lowest BCUT2D eigenvalue weighted by Crippen LogP contribution is -2.48. The van der Waals surface area contributed by atoms with Gasteiger partial charge in [0.2, 0.25) is 0 Å². The van der Waals surface area contributed by atoms with E-state index < -0.39 is 16.4 Å². The number of piperidine rings is 1. The van der Waals surface area contributed by atoms with Gasteiger partial charge in [-0.2, -0.15) is 0 Å². The van der Waals surface area contributed by atoms with Crippen LogP contribution >= 0.6 is 11.6 Å². The molecule has 0 bridgehead atoms. The molecule has 0 N–H and O–H groups in total. The van der Waals surface area contributed by atoms with Gasteiger partial charge in [0, 0.05) is 12.6 Å². The Morgan fingerprint density at radius 1 is 1.26 bits per heavy atom. The summed E-state index contributed by atoms with van der Waals surface area (Å²) in [6.45, 7) is 6.12. The molecule has 3 rings (SSSR count). The second kappa shape index (κ2) is 8.10. The van der Waals surface area contributed by atoms with Crippen molar-refractivity contribution in [3.63, 3.8) is 0 Å². The number of nitrogens with zero attached hydrogens (tertiary/aromatic N) is 3. The topological polar surface area (TPSA) is 72.4 Å². The highest BCUT2D eigenvalue weighted by molar-refractivity contribution is 7.85. The zero-order valence-electron chi connectivity index (χ0n) is 15.8. The van der Waals surface area contributed by atoms with Crippen LogP contribution in [0.3, 0.4) is 0 Å². The zero-order valence-corrected chi connectivity index (χ0v) is 17.3. The quantitative estimate of drug-likeness (QED) is 0.760. The number of hydrogen-bond donors (Lipinski definition) is 0. The number of rotatable bonds is 3. The number of fused-ring (bicyclic) bond motifs is 1. The van der Waals surface area contributed by atoms with Crippen LogP contribution in [0.4, 0.5) is 4.79 Å². The molecule has 1 aromatic carbocycles. The van der Waals surface area contributed by atoms with Crippen molar-refractivity contribution in [2.24, 2.45) is 0 Å². The van der Waals surface area contributed by atoms with Crippen molar-refractivity contribution in [1.29, 1.82) is 0 Å². The van der Waals surface area contributed by atoms with Crippen molar-refractivity contribution in [3.05, 3.63) is 29.4 Å². The van der Waals surface area contributed by atoms with E-state index in [-0.39, 0.29) is 28.1 Å². The molecule has 146 valence electrons. The number of amides is 1. The molecule has 0 unspecified atom stereocenters. The van der Waals surface area contributed by atoms with Crippen LogP contribution in [0.25, 0.3) is 11.0 Å². The van der Waals surface area contributed by atoms with Gasteiger partial charge in [-0.3, -0.25) is 4.21 Å². The molecule has 0 aliphatic carbocycles. The summed E-state index contributed by atoms with van der Waals surface area (Å²) in [7, 11) is -1.46. The maximum Gasteiger partial charge on any atom is 0.410 e. The molecule has 1 aliphatic rings. The molecule has 1 fully saturated rings. The number of hydrogen-bond acceptors (Lipinski definition) is 5. The minimum atomic E-state index is -1.46. The summed E-state index contributed by atoms with van der Waals surface area (Å²) < 4.78 is 18.5. The summed E-state index contributed by atoms with van der Waals surface area (Å²) in [4.78, 5) is 23.0. The normalized spacial score (nSPS) is 19.1. The number of para-hydroxylation sites is 2. The van der Waals surface area contributed by atoms with Gasteiger partial charge >= 0.3 is 6.09 Å². The number of carbonyl (C=O) groups excluding carboxylic acids is 1. The lowest BCUT2D eigenvalue weighted by Gasteiger charge is -2.36. The Kier molecular flexibility index (Phi) is 6.01. The van der Waals surface area contributed by atoms with E-state index in [4.69, 9.17) is 16.3 Å². The Balaban J connectivity index is 1.79. The summed E-state index contributed by atoms with van der Waals surface area (Å²) in [5.41, 5.74) is 0.750. The number of benzene rings is 1. The third kappa shape index (κ3) is 4.96. The van der Waals surface area contributed by atoms with Crippen LogP contribution in [-0.4, -0.2) is 49.1 Å². The number of likely N-dealkylation sites (tertiary alicyclic amines) is 1. The Hall–Kier alpha value is -1.73. The van der Waals surface area contributed by atoms with Crippen LogP contribution in [0.1, 0.15) is 40.0 Å². The van der Waals surface area contributed by atoms with Gasteiger partial charge in [0.1, 0.15) is 5.60 Å². The van der Waals surface area contributed by atoms with E-state index in [2.05, 4.69) is 9.97 Å². The largest absolute Gasteiger partial charge is 0.444 e. The second-order valence-corrected chi connectivity index (χ2v) is 9.41. The van der Waals surface area contributed by atoms with E-state index in [0.717, 1.165) is 19.3 Å². The van der Waals surface area contributed by atoms with Gasteiger partial charge in [-0.05, 0) is 52.2 Å². The predicted octanol–water partition coefficient (Wildman–Crippen LogP) is 4.18. The number of aromatic nitrogens is 2. The SMILES string of the molecule is CC(C)(C)OC(=O)N1CCCC[C@@H]1C[S@](=O)c1nc2ccccc2nc1Cl. The third-order valence-electron chi connectivity index (χ3n) is 4.31. The summed E-state index contributed by atoms with van der Waals surface area (Å²) in [6.07, 6.45) is 2.32. The fourth-order valence-electron chi connectivity index (χ4n) is 3.10. The molecule has 1 saturated heterocycles. The van der Waals surface area contributed by atoms with Gasteiger partial charge in [-0.1, -0.05) is 23.7 Å². The minimum absolute atomic E-state index is 0.145. The summed E-state index contributed by atoms with van der Waals surface area (Å²) >= 11 is 6.23. The van der Waals surface area contributed by atoms with E-state index in [9.17, 15) is 9.00 Å². The first-order chi connectivity index (χ1) is 12.7. The monoisotopic (exact) mass is 409 g/mol. The molecule has 2 atom stereocenters. The minimum Gasteiger partial charge on any atom is -0.444 e. The zero-order chi connectivity index (χ0) is 19.6. The van der Waals surface area contributed by atoms with Gasteiger partial charge in [-0.15, -0.1) is 0 Å². The Morgan fingerprint density at radius 3 is 2.59 bits per heavy atom. The standard InChI is InChI=1S/C19H24ClN3O3S/c1-19(2,3)26-18(24)23-11-7-6-8-13(23)12-27(25)17-16(20)21-14-9-4-5-10-15(14)22-17/h4-5,9-10,13H,6-8,11-12H2,1-3H3/t13-,27+/m1/s1. The lowest BCUT2D eigenvalue weighted by molar-refractivity contribution is 0.0125. The van der Waals surface area contributed by atoms with Crippen molar-refractivity contribution in [3.8, 4) is 0 Å². The molecular formula is C19H24ClN3O3S.